The molecule has 0 amide bonds. The van der Waals surface area contributed by atoms with Gasteiger partial charge < -0.3 is 10.6 Å². The van der Waals surface area contributed by atoms with Crippen molar-refractivity contribution in [2.24, 2.45) is 0 Å². The summed E-state index contributed by atoms with van der Waals surface area (Å²) in [6.45, 7) is 1.82. The maximum absolute atomic E-state index is 13.7. The van der Waals surface area contributed by atoms with E-state index in [2.05, 4.69) is 26.2 Å². The molecule has 2 heterocycles. The molecule has 94 valence electrons. The van der Waals surface area contributed by atoms with E-state index < -0.39 is 0 Å². The zero-order valence-corrected chi connectivity index (χ0v) is 9.67. The molecule has 2 N–H and O–H groups in total. The number of benzene rings is 1. The van der Waals surface area contributed by atoms with Gasteiger partial charge in [-0.1, -0.05) is 0 Å². The predicted molar refractivity (Wildman–Crippen MR) is 64.0 cm³/mol. The smallest absolute Gasteiger partial charge is 0.146 e. The van der Waals surface area contributed by atoms with E-state index in [0.717, 1.165) is 25.2 Å². The highest BCUT2D eigenvalue weighted by atomic mass is 19.1. The lowest BCUT2D eigenvalue weighted by molar-refractivity contribution is 0.625. The molecule has 1 saturated heterocycles. The van der Waals surface area contributed by atoms with E-state index >= 15 is 0 Å². The maximum Gasteiger partial charge on any atom is 0.146 e. The van der Waals surface area contributed by atoms with E-state index in [-0.39, 0.29) is 11.9 Å². The van der Waals surface area contributed by atoms with Crippen molar-refractivity contribution < 1.29 is 4.39 Å². The van der Waals surface area contributed by atoms with Crippen LogP contribution >= 0.6 is 0 Å². The Balaban J connectivity index is 1.86. The van der Waals surface area contributed by atoms with Gasteiger partial charge in [0.15, 0.2) is 0 Å². The van der Waals surface area contributed by atoms with Crippen molar-refractivity contribution in [3.05, 3.63) is 30.3 Å². The zero-order chi connectivity index (χ0) is 12.4. The highest BCUT2D eigenvalue weighted by molar-refractivity contribution is 5.52. The second-order valence-corrected chi connectivity index (χ2v) is 4.25. The molecule has 1 aliphatic rings. The summed E-state index contributed by atoms with van der Waals surface area (Å²) in [7, 11) is 0. The quantitative estimate of drug-likeness (QED) is 0.831. The molecule has 1 aromatic carbocycles. The van der Waals surface area contributed by atoms with Crippen LogP contribution in [-0.2, 0) is 0 Å². The third-order valence-corrected chi connectivity index (χ3v) is 2.98. The number of rotatable bonds is 3. The van der Waals surface area contributed by atoms with Crippen molar-refractivity contribution in [3.8, 4) is 5.69 Å². The van der Waals surface area contributed by atoms with Gasteiger partial charge in [0.05, 0.1) is 11.4 Å². The first-order valence-corrected chi connectivity index (χ1v) is 5.83. The lowest BCUT2D eigenvalue weighted by Gasteiger charge is -2.14. The molecular weight excluding hydrogens is 235 g/mol. The number of hydrogen-bond acceptors (Lipinski definition) is 5. The lowest BCUT2D eigenvalue weighted by Crippen LogP contribution is -2.22. The van der Waals surface area contributed by atoms with Gasteiger partial charge in [-0.25, -0.2) is 9.07 Å². The summed E-state index contributed by atoms with van der Waals surface area (Å²) in [6.07, 6.45) is 2.47. The molecule has 1 atom stereocenters. The molecule has 1 fully saturated rings. The first kappa shape index (κ1) is 11.1. The van der Waals surface area contributed by atoms with Crippen molar-refractivity contribution in [1.82, 2.24) is 25.5 Å². The van der Waals surface area contributed by atoms with Crippen molar-refractivity contribution >= 4 is 5.69 Å². The fourth-order valence-corrected chi connectivity index (χ4v) is 2.04. The standard InChI is InChI=1S/C11H13FN6/c12-10-2-1-9(18-7-14-16-17-18)5-11(10)15-8-3-4-13-6-8/h1-2,5,7-8,13,15H,3-4,6H2. The van der Waals surface area contributed by atoms with Crippen LogP contribution in [0.15, 0.2) is 24.5 Å². The number of nitrogens with zero attached hydrogens (tertiary/aromatic N) is 4. The summed E-state index contributed by atoms with van der Waals surface area (Å²) in [5, 5.41) is 17.3. The third-order valence-electron chi connectivity index (χ3n) is 2.98. The van der Waals surface area contributed by atoms with Gasteiger partial charge in [0.1, 0.15) is 12.1 Å². The molecule has 1 aromatic heterocycles. The summed E-state index contributed by atoms with van der Waals surface area (Å²) in [5.41, 5.74) is 1.21. The van der Waals surface area contributed by atoms with E-state index in [9.17, 15) is 4.39 Å². The van der Waals surface area contributed by atoms with Crippen LogP contribution in [0, 0.1) is 5.82 Å². The maximum atomic E-state index is 13.7. The number of nitrogens with one attached hydrogen (secondary N) is 2. The molecule has 0 bridgehead atoms. The molecule has 2 aromatic rings. The second-order valence-electron chi connectivity index (χ2n) is 4.25. The molecule has 6 nitrogen and oxygen atoms in total. The average Bonchev–Trinajstić information content (AvgIpc) is 3.04. The minimum atomic E-state index is -0.265. The molecule has 0 spiro atoms. The van der Waals surface area contributed by atoms with E-state index in [1.807, 2.05) is 0 Å². The first-order chi connectivity index (χ1) is 8.83. The van der Waals surface area contributed by atoms with E-state index in [1.54, 1.807) is 12.1 Å². The molecule has 7 heteroatoms. The number of anilines is 1. The van der Waals surface area contributed by atoms with Crippen molar-refractivity contribution in [2.45, 2.75) is 12.5 Å². The van der Waals surface area contributed by atoms with E-state index in [0.29, 0.717) is 5.69 Å². The Morgan fingerprint density at radius 1 is 1.44 bits per heavy atom. The van der Waals surface area contributed by atoms with E-state index in [1.165, 1.54) is 17.1 Å². The van der Waals surface area contributed by atoms with Crippen LogP contribution in [0.4, 0.5) is 10.1 Å². The molecule has 18 heavy (non-hydrogen) atoms. The highest BCUT2D eigenvalue weighted by Gasteiger charge is 2.16. The van der Waals surface area contributed by atoms with Gasteiger partial charge in [0.25, 0.3) is 0 Å². The molecule has 0 aliphatic carbocycles. The van der Waals surface area contributed by atoms with Gasteiger partial charge in [-0.05, 0) is 41.6 Å². The molecule has 1 aliphatic heterocycles. The summed E-state index contributed by atoms with van der Waals surface area (Å²) in [5.74, 6) is -0.265. The minimum Gasteiger partial charge on any atom is -0.379 e. The Labute approximate surface area is 103 Å². The first-order valence-electron chi connectivity index (χ1n) is 5.83. The van der Waals surface area contributed by atoms with Crippen molar-refractivity contribution in [1.29, 1.82) is 0 Å². The molecule has 0 saturated carbocycles. The molecule has 3 rings (SSSR count). The highest BCUT2D eigenvalue weighted by Crippen LogP contribution is 2.20. The van der Waals surface area contributed by atoms with Crippen LogP contribution in [0.2, 0.25) is 0 Å². The molecular formula is C11H13FN6. The summed E-state index contributed by atoms with van der Waals surface area (Å²) < 4.78 is 15.2. The Kier molecular flexibility index (Phi) is 2.89. The monoisotopic (exact) mass is 248 g/mol. The van der Waals surface area contributed by atoms with Gasteiger partial charge in [-0.2, -0.15) is 0 Å². The number of halogens is 1. The topological polar surface area (TPSA) is 67.7 Å². The predicted octanol–water partition coefficient (Wildman–Crippen LogP) is 0.575. The van der Waals surface area contributed by atoms with Crippen molar-refractivity contribution in [2.75, 3.05) is 18.4 Å². The summed E-state index contributed by atoms with van der Waals surface area (Å²) in [4.78, 5) is 0. The minimum absolute atomic E-state index is 0.265. The van der Waals surface area contributed by atoms with Crippen LogP contribution in [0.25, 0.3) is 5.69 Å². The van der Waals surface area contributed by atoms with Gasteiger partial charge >= 0.3 is 0 Å². The Morgan fingerprint density at radius 3 is 3.11 bits per heavy atom. The van der Waals surface area contributed by atoms with Gasteiger partial charge in [-0.15, -0.1) is 5.10 Å². The van der Waals surface area contributed by atoms with Gasteiger partial charge in [0.2, 0.25) is 0 Å². The summed E-state index contributed by atoms with van der Waals surface area (Å²) in [6, 6.07) is 5.04. The van der Waals surface area contributed by atoms with Gasteiger partial charge in [0, 0.05) is 12.6 Å². The SMILES string of the molecule is Fc1ccc(-n2cnnn2)cc1NC1CCNC1. The van der Waals surface area contributed by atoms with Crippen LogP contribution in [0.3, 0.4) is 0 Å². The van der Waals surface area contributed by atoms with Crippen LogP contribution < -0.4 is 10.6 Å². The Bertz CT molecular complexity index is 520. The van der Waals surface area contributed by atoms with Crippen LogP contribution in [0.5, 0.6) is 0 Å². The summed E-state index contributed by atoms with van der Waals surface area (Å²) >= 11 is 0. The Morgan fingerprint density at radius 2 is 2.39 bits per heavy atom. The number of tetrazole rings is 1. The third kappa shape index (κ3) is 2.17. The van der Waals surface area contributed by atoms with E-state index in [4.69, 9.17) is 0 Å². The Hall–Kier alpha value is -2.02. The normalized spacial score (nSPS) is 19.1. The van der Waals surface area contributed by atoms with Crippen LogP contribution in [-0.4, -0.2) is 39.3 Å². The lowest BCUT2D eigenvalue weighted by atomic mass is 10.2. The molecule has 0 radical (unpaired) electrons. The number of aromatic nitrogens is 4. The van der Waals surface area contributed by atoms with Gasteiger partial charge in [-0.3, -0.25) is 0 Å². The fraction of sp³-hybridized carbons (Fsp3) is 0.364. The van der Waals surface area contributed by atoms with Crippen LogP contribution in [0.1, 0.15) is 6.42 Å². The zero-order valence-electron chi connectivity index (χ0n) is 9.67. The molecule has 1 unspecified atom stereocenters. The fourth-order valence-electron chi connectivity index (χ4n) is 2.04. The average molecular weight is 248 g/mol. The van der Waals surface area contributed by atoms with Crippen molar-refractivity contribution in [3.63, 3.8) is 0 Å². The number of hydrogen-bond donors (Lipinski definition) is 2. The second kappa shape index (κ2) is 4.69. The largest absolute Gasteiger partial charge is 0.379 e.